The first-order chi connectivity index (χ1) is 12.9. The maximum Gasteiger partial charge on any atom is 0.275 e. The third-order valence-electron chi connectivity index (χ3n) is 4.51. The molecule has 140 valence electrons. The van der Waals surface area contributed by atoms with Crippen LogP contribution in [0.25, 0.3) is 10.8 Å². The number of carbonyl (C=O) groups excluding carboxylic acids is 1. The quantitative estimate of drug-likeness (QED) is 0.660. The summed E-state index contributed by atoms with van der Waals surface area (Å²) in [4.78, 5) is 27.7. The Labute approximate surface area is 163 Å². The largest absolute Gasteiger partial charge is 0.333 e. The minimum absolute atomic E-state index is 0.146. The van der Waals surface area contributed by atoms with Crippen LogP contribution in [0.15, 0.2) is 53.3 Å². The summed E-state index contributed by atoms with van der Waals surface area (Å²) >= 11 is 6.26. The average molecular weight is 384 g/mol. The van der Waals surface area contributed by atoms with Crippen molar-refractivity contribution in [2.75, 3.05) is 6.54 Å². The van der Waals surface area contributed by atoms with Gasteiger partial charge in [-0.15, -0.1) is 0 Å². The fraction of sp³-hybridized carbons (Fsp3) is 0.286. The van der Waals surface area contributed by atoms with Gasteiger partial charge < -0.3 is 4.90 Å². The number of carbonyl (C=O) groups is 1. The molecular weight excluding hydrogens is 362 g/mol. The van der Waals surface area contributed by atoms with Gasteiger partial charge in [0.05, 0.1) is 11.4 Å². The average Bonchev–Trinajstić information content (AvgIpc) is 2.67. The highest BCUT2D eigenvalue weighted by Gasteiger charge is 2.22. The third kappa shape index (κ3) is 3.74. The van der Waals surface area contributed by atoms with E-state index in [1.165, 1.54) is 4.68 Å². The Balaban J connectivity index is 2.10. The minimum atomic E-state index is -0.219. The summed E-state index contributed by atoms with van der Waals surface area (Å²) in [5.41, 5.74) is 0.968. The fourth-order valence-corrected chi connectivity index (χ4v) is 3.22. The van der Waals surface area contributed by atoms with Gasteiger partial charge in [0.15, 0.2) is 5.69 Å². The lowest BCUT2D eigenvalue weighted by Crippen LogP contribution is -2.34. The smallest absolute Gasteiger partial charge is 0.275 e. The molecule has 1 heterocycles. The molecule has 3 rings (SSSR count). The molecule has 0 aliphatic rings. The van der Waals surface area contributed by atoms with Crippen molar-refractivity contribution in [3.8, 4) is 0 Å². The van der Waals surface area contributed by atoms with Crippen molar-refractivity contribution in [3.63, 3.8) is 0 Å². The number of hydrogen-bond donors (Lipinski definition) is 0. The molecule has 0 spiro atoms. The summed E-state index contributed by atoms with van der Waals surface area (Å²) in [6.45, 7) is 6.54. The summed E-state index contributed by atoms with van der Waals surface area (Å²) in [6, 6.07) is 14.4. The standard InChI is InChI=1S/C21H22ClN3O2/c1-4-24(13-15-9-5-8-12-18(15)22)21(27)19-16-10-6-7-11-17(16)20(26)25(23-19)14(2)3/h5-12,14H,4,13H2,1-3H3. The van der Waals surface area contributed by atoms with Gasteiger partial charge >= 0.3 is 0 Å². The molecule has 2 aromatic carbocycles. The Morgan fingerprint density at radius 3 is 2.37 bits per heavy atom. The highest BCUT2D eigenvalue weighted by Crippen LogP contribution is 2.20. The zero-order valence-electron chi connectivity index (χ0n) is 15.6. The van der Waals surface area contributed by atoms with Gasteiger partial charge in [-0.05, 0) is 38.5 Å². The van der Waals surface area contributed by atoms with Gasteiger partial charge in [-0.25, -0.2) is 4.68 Å². The van der Waals surface area contributed by atoms with E-state index in [2.05, 4.69) is 5.10 Å². The summed E-state index contributed by atoms with van der Waals surface area (Å²) in [6.07, 6.45) is 0. The Morgan fingerprint density at radius 1 is 1.11 bits per heavy atom. The van der Waals surface area contributed by atoms with Gasteiger partial charge in [-0.3, -0.25) is 9.59 Å². The number of rotatable bonds is 5. The number of halogens is 1. The molecule has 0 atom stereocenters. The third-order valence-corrected chi connectivity index (χ3v) is 4.88. The van der Waals surface area contributed by atoms with Crippen molar-refractivity contribution in [1.82, 2.24) is 14.7 Å². The molecule has 0 aliphatic carbocycles. The molecule has 0 unspecified atom stereocenters. The molecule has 0 bridgehead atoms. The van der Waals surface area contributed by atoms with Crippen LogP contribution >= 0.6 is 11.6 Å². The highest BCUT2D eigenvalue weighted by molar-refractivity contribution is 6.31. The van der Waals surface area contributed by atoms with E-state index in [1.807, 2.05) is 51.1 Å². The van der Waals surface area contributed by atoms with Crippen LogP contribution < -0.4 is 5.56 Å². The van der Waals surface area contributed by atoms with Crippen LogP contribution in [0.3, 0.4) is 0 Å². The normalized spacial score (nSPS) is 11.1. The zero-order valence-corrected chi connectivity index (χ0v) is 16.4. The SMILES string of the molecule is CCN(Cc1ccccc1Cl)C(=O)c1nn(C(C)C)c(=O)c2ccccc12. The van der Waals surface area contributed by atoms with E-state index in [4.69, 9.17) is 11.6 Å². The van der Waals surface area contributed by atoms with Crippen LogP contribution in [-0.2, 0) is 6.54 Å². The molecule has 6 heteroatoms. The molecule has 5 nitrogen and oxygen atoms in total. The van der Waals surface area contributed by atoms with Gasteiger partial charge in [-0.2, -0.15) is 5.10 Å². The van der Waals surface area contributed by atoms with Crippen LogP contribution in [0.2, 0.25) is 5.02 Å². The van der Waals surface area contributed by atoms with Crippen molar-refractivity contribution < 1.29 is 4.79 Å². The molecule has 0 saturated carbocycles. The van der Waals surface area contributed by atoms with E-state index in [1.54, 1.807) is 23.1 Å². The van der Waals surface area contributed by atoms with Gasteiger partial charge in [0, 0.05) is 23.5 Å². The second kappa shape index (κ2) is 7.92. The Bertz CT molecular complexity index is 1040. The fourth-order valence-electron chi connectivity index (χ4n) is 3.02. The van der Waals surface area contributed by atoms with E-state index < -0.39 is 0 Å². The van der Waals surface area contributed by atoms with Crippen LogP contribution in [-0.4, -0.2) is 27.1 Å². The maximum atomic E-state index is 13.3. The lowest BCUT2D eigenvalue weighted by molar-refractivity contribution is 0.0746. The van der Waals surface area contributed by atoms with Crippen molar-refractivity contribution >= 4 is 28.3 Å². The molecule has 1 amide bonds. The van der Waals surface area contributed by atoms with Crippen molar-refractivity contribution in [2.45, 2.75) is 33.4 Å². The van der Waals surface area contributed by atoms with Crippen molar-refractivity contribution in [1.29, 1.82) is 0 Å². The van der Waals surface area contributed by atoms with Crippen LogP contribution in [0.4, 0.5) is 0 Å². The predicted octanol–water partition coefficient (Wildman–Crippen LogP) is 4.29. The zero-order chi connectivity index (χ0) is 19.6. The van der Waals surface area contributed by atoms with E-state index in [9.17, 15) is 9.59 Å². The molecule has 0 N–H and O–H groups in total. The first kappa shape index (κ1) is 19.1. The Morgan fingerprint density at radius 2 is 1.74 bits per heavy atom. The monoisotopic (exact) mass is 383 g/mol. The summed E-state index contributed by atoms with van der Waals surface area (Å²) in [5, 5.41) is 6.10. The molecule has 1 aromatic heterocycles. The van der Waals surface area contributed by atoms with Crippen molar-refractivity contribution in [2.24, 2.45) is 0 Å². The molecule has 0 saturated heterocycles. The van der Waals surface area contributed by atoms with Crippen LogP contribution in [0.1, 0.15) is 42.9 Å². The van der Waals surface area contributed by atoms with Gasteiger partial charge in [0.2, 0.25) is 0 Å². The number of aromatic nitrogens is 2. The van der Waals surface area contributed by atoms with Gasteiger partial charge in [-0.1, -0.05) is 48.0 Å². The molecule has 0 aliphatic heterocycles. The first-order valence-corrected chi connectivity index (χ1v) is 9.36. The number of fused-ring (bicyclic) bond motifs is 1. The maximum absolute atomic E-state index is 13.3. The molecule has 0 radical (unpaired) electrons. The number of benzene rings is 2. The lowest BCUT2D eigenvalue weighted by Gasteiger charge is -2.22. The molecular formula is C21H22ClN3O2. The Kier molecular flexibility index (Phi) is 5.61. The molecule has 0 fully saturated rings. The summed E-state index contributed by atoms with van der Waals surface area (Å²) < 4.78 is 1.37. The lowest BCUT2D eigenvalue weighted by atomic mass is 10.1. The predicted molar refractivity (Wildman–Crippen MR) is 108 cm³/mol. The van der Waals surface area contributed by atoms with Crippen LogP contribution in [0, 0.1) is 0 Å². The number of amides is 1. The summed E-state index contributed by atoms with van der Waals surface area (Å²) in [5.74, 6) is -0.219. The van der Waals surface area contributed by atoms with Crippen LogP contribution in [0.5, 0.6) is 0 Å². The van der Waals surface area contributed by atoms with Gasteiger partial charge in [0.1, 0.15) is 0 Å². The highest BCUT2D eigenvalue weighted by atomic mass is 35.5. The summed E-state index contributed by atoms with van der Waals surface area (Å²) in [7, 11) is 0. The van der Waals surface area contributed by atoms with E-state index >= 15 is 0 Å². The van der Waals surface area contributed by atoms with E-state index in [0.29, 0.717) is 28.9 Å². The molecule has 3 aromatic rings. The molecule has 27 heavy (non-hydrogen) atoms. The van der Waals surface area contributed by atoms with Crippen molar-refractivity contribution in [3.05, 3.63) is 75.2 Å². The number of nitrogens with zero attached hydrogens (tertiary/aromatic N) is 3. The van der Waals surface area contributed by atoms with E-state index in [-0.39, 0.29) is 23.2 Å². The minimum Gasteiger partial charge on any atom is -0.333 e. The van der Waals surface area contributed by atoms with E-state index in [0.717, 1.165) is 5.56 Å². The van der Waals surface area contributed by atoms with Gasteiger partial charge in [0.25, 0.3) is 11.5 Å². The topological polar surface area (TPSA) is 55.2 Å². The second-order valence-corrected chi connectivity index (χ2v) is 7.06. The Hall–Kier alpha value is -2.66. The number of hydrogen-bond acceptors (Lipinski definition) is 3. The first-order valence-electron chi connectivity index (χ1n) is 8.98. The second-order valence-electron chi connectivity index (χ2n) is 6.65.